The monoisotopic (exact) mass is 470 g/mol. The van der Waals surface area contributed by atoms with Crippen LogP contribution >= 0.6 is 15.9 Å². The Morgan fingerprint density at radius 2 is 1.77 bits per heavy atom. The van der Waals surface area contributed by atoms with Crippen LogP contribution in [0.15, 0.2) is 41.1 Å². The molecule has 1 amide bonds. The van der Waals surface area contributed by atoms with Crippen LogP contribution in [0.3, 0.4) is 0 Å². The lowest BCUT2D eigenvalue weighted by molar-refractivity contribution is 0.0745. The summed E-state index contributed by atoms with van der Waals surface area (Å²) in [7, 11) is 1.60. The van der Waals surface area contributed by atoms with E-state index in [1.165, 1.54) is 0 Å². The maximum atomic E-state index is 13.0. The number of amides is 1. The molecule has 0 radical (unpaired) electrons. The van der Waals surface area contributed by atoms with Gasteiger partial charge in [0.2, 0.25) is 0 Å². The number of aromatic nitrogens is 4. The van der Waals surface area contributed by atoms with Crippen LogP contribution in [-0.4, -0.2) is 63.8 Å². The first kappa shape index (κ1) is 20.3. The number of piperazine rings is 1. The predicted octanol–water partition coefficient (Wildman–Crippen LogP) is 3.01. The molecule has 0 N–H and O–H groups in total. The van der Waals surface area contributed by atoms with Crippen molar-refractivity contribution in [3.05, 3.63) is 58.1 Å². The van der Waals surface area contributed by atoms with E-state index in [0.717, 1.165) is 27.5 Å². The van der Waals surface area contributed by atoms with E-state index in [4.69, 9.17) is 4.74 Å². The molecule has 8 nitrogen and oxygen atoms in total. The van der Waals surface area contributed by atoms with Gasteiger partial charge in [0.15, 0.2) is 5.82 Å². The molecule has 156 valence electrons. The van der Waals surface area contributed by atoms with Crippen molar-refractivity contribution in [1.29, 1.82) is 0 Å². The van der Waals surface area contributed by atoms with Crippen LogP contribution in [-0.2, 0) is 0 Å². The van der Waals surface area contributed by atoms with Gasteiger partial charge in [0, 0.05) is 42.4 Å². The summed E-state index contributed by atoms with van der Waals surface area (Å²) >= 11 is 3.47. The molecule has 0 aliphatic carbocycles. The molecular weight excluding hydrogens is 448 g/mol. The number of carbonyl (C=O) groups excluding carboxylic acids is 1. The topological polar surface area (TPSA) is 76.4 Å². The first-order valence-electron chi connectivity index (χ1n) is 9.69. The average Bonchev–Trinajstić information content (AvgIpc) is 3.12. The summed E-state index contributed by atoms with van der Waals surface area (Å²) in [5.74, 6) is 2.23. The summed E-state index contributed by atoms with van der Waals surface area (Å²) in [6.07, 6.45) is 1.56. The molecule has 1 fully saturated rings. The highest BCUT2D eigenvalue weighted by atomic mass is 79.9. The number of benzene rings is 1. The number of nitrogens with zero attached hydrogens (tertiary/aromatic N) is 6. The lowest BCUT2D eigenvalue weighted by atomic mass is 10.1. The normalized spacial score (nSPS) is 14.1. The average molecular weight is 471 g/mol. The van der Waals surface area contributed by atoms with E-state index in [2.05, 4.69) is 35.9 Å². The number of carbonyl (C=O) groups is 1. The lowest BCUT2D eigenvalue weighted by Gasteiger charge is -2.35. The number of hydrogen-bond donors (Lipinski definition) is 0. The Balaban J connectivity index is 1.47. The maximum Gasteiger partial charge on any atom is 0.255 e. The Morgan fingerprint density at radius 1 is 1.03 bits per heavy atom. The first-order valence-corrected chi connectivity index (χ1v) is 10.5. The molecule has 2 aromatic heterocycles. The Hall–Kier alpha value is -2.94. The van der Waals surface area contributed by atoms with Crippen LogP contribution in [0.1, 0.15) is 21.7 Å². The zero-order valence-corrected chi connectivity index (χ0v) is 18.8. The summed E-state index contributed by atoms with van der Waals surface area (Å²) in [5, 5.41) is 4.50. The van der Waals surface area contributed by atoms with Crippen molar-refractivity contribution in [2.75, 3.05) is 38.2 Å². The fraction of sp³-hybridized carbons (Fsp3) is 0.333. The fourth-order valence-electron chi connectivity index (χ4n) is 3.59. The van der Waals surface area contributed by atoms with E-state index in [1.807, 2.05) is 47.7 Å². The van der Waals surface area contributed by atoms with E-state index < -0.39 is 0 Å². The number of halogens is 1. The zero-order chi connectivity index (χ0) is 21.3. The Kier molecular flexibility index (Phi) is 5.72. The molecule has 0 spiro atoms. The van der Waals surface area contributed by atoms with E-state index >= 15 is 0 Å². The van der Waals surface area contributed by atoms with Crippen molar-refractivity contribution < 1.29 is 9.53 Å². The Labute approximate surface area is 183 Å². The van der Waals surface area contributed by atoms with Gasteiger partial charge in [0.05, 0.1) is 18.4 Å². The molecule has 0 atom stereocenters. The predicted molar refractivity (Wildman–Crippen MR) is 117 cm³/mol. The number of hydrogen-bond acceptors (Lipinski definition) is 6. The van der Waals surface area contributed by atoms with Crippen molar-refractivity contribution in [2.24, 2.45) is 0 Å². The Bertz CT molecular complexity index is 1080. The third-order valence-corrected chi connectivity index (χ3v) is 5.85. The molecule has 4 rings (SSSR count). The van der Waals surface area contributed by atoms with Gasteiger partial charge in [-0.3, -0.25) is 4.79 Å². The van der Waals surface area contributed by atoms with Crippen LogP contribution in [0.2, 0.25) is 0 Å². The number of rotatable bonds is 4. The smallest absolute Gasteiger partial charge is 0.255 e. The van der Waals surface area contributed by atoms with Crippen LogP contribution in [0, 0.1) is 13.8 Å². The highest BCUT2D eigenvalue weighted by Crippen LogP contribution is 2.25. The molecule has 1 saturated heterocycles. The van der Waals surface area contributed by atoms with Gasteiger partial charge < -0.3 is 14.5 Å². The molecule has 3 aromatic rings. The SMILES string of the molecule is COc1ccc(Br)c(C(=O)N2CCN(c3cc(-n4nc(C)cc4C)ncn3)CC2)c1. The third-order valence-electron chi connectivity index (χ3n) is 5.16. The molecular formula is C21H23BrN6O2. The van der Waals surface area contributed by atoms with Gasteiger partial charge in [-0.1, -0.05) is 0 Å². The number of methoxy groups -OCH3 is 1. The number of aryl methyl sites for hydroxylation is 2. The van der Waals surface area contributed by atoms with Gasteiger partial charge in [-0.05, 0) is 54.0 Å². The van der Waals surface area contributed by atoms with Gasteiger partial charge >= 0.3 is 0 Å². The minimum absolute atomic E-state index is 0.00792. The van der Waals surface area contributed by atoms with E-state index in [1.54, 1.807) is 19.5 Å². The molecule has 1 aromatic carbocycles. The maximum absolute atomic E-state index is 13.0. The van der Waals surface area contributed by atoms with Gasteiger partial charge in [-0.15, -0.1) is 0 Å². The van der Waals surface area contributed by atoms with Crippen molar-refractivity contribution >= 4 is 27.7 Å². The van der Waals surface area contributed by atoms with Crippen LogP contribution in [0.5, 0.6) is 5.75 Å². The fourth-order valence-corrected chi connectivity index (χ4v) is 4.01. The highest BCUT2D eigenvalue weighted by molar-refractivity contribution is 9.10. The van der Waals surface area contributed by atoms with Gasteiger partial charge in [-0.25, -0.2) is 14.6 Å². The minimum Gasteiger partial charge on any atom is -0.497 e. The second-order valence-electron chi connectivity index (χ2n) is 7.20. The first-order chi connectivity index (χ1) is 14.5. The Morgan fingerprint density at radius 3 is 2.43 bits per heavy atom. The molecule has 3 heterocycles. The zero-order valence-electron chi connectivity index (χ0n) is 17.2. The van der Waals surface area contributed by atoms with Gasteiger partial charge in [0.1, 0.15) is 17.9 Å². The van der Waals surface area contributed by atoms with Crippen molar-refractivity contribution in [2.45, 2.75) is 13.8 Å². The van der Waals surface area contributed by atoms with Gasteiger partial charge in [0.25, 0.3) is 5.91 Å². The number of ether oxygens (including phenoxy) is 1. The standard InChI is InChI=1S/C21H23BrN6O2/c1-14-10-15(2)28(25-14)20-12-19(23-13-24-20)26-6-8-27(9-7-26)21(29)17-11-16(30-3)4-5-18(17)22/h4-5,10-13H,6-9H2,1-3H3. The minimum atomic E-state index is -0.00792. The van der Waals surface area contributed by atoms with Crippen molar-refractivity contribution in [1.82, 2.24) is 24.6 Å². The largest absolute Gasteiger partial charge is 0.497 e. The molecule has 30 heavy (non-hydrogen) atoms. The number of anilines is 1. The summed E-state index contributed by atoms with van der Waals surface area (Å²) in [6, 6.07) is 9.39. The van der Waals surface area contributed by atoms with Crippen molar-refractivity contribution in [3.8, 4) is 11.6 Å². The van der Waals surface area contributed by atoms with Crippen LogP contribution in [0.4, 0.5) is 5.82 Å². The van der Waals surface area contributed by atoms with E-state index in [9.17, 15) is 4.79 Å². The molecule has 1 aliphatic heterocycles. The third kappa shape index (κ3) is 4.02. The summed E-state index contributed by atoms with van der Waals surface area (Å²) in [4.78, 5) is 25.8. The van der Waals surface area contributed by atoms with Crippen LogP contribution in [0.25, 0.3) is 5.82 Å². The second-order valence-corrected chi connectivity index (χ2v) is 8.05. The highest BCUT2D eigenvalue weighted by Gasteiger charge is 2.25. The summed E-state index contributed by atoms with van der Waals surface area (Å²) < 4.78 is 7.84. The molecule has 1 aliphatic rings. The summed E-state index contributed by atoms with van der Waals surface area (Å²) in [5.41, 5.74) is 2.58. The summed E-state index contributed by atoms with van der Waals surface area (Å²) in [6.45, 7) is 6.58. The van der Waals surface area contributed by atoms with Crippen LogP contribution < -0.4 is 9.64 Å². The second kappa shape index (κ2) is 8.43. The molecule has 0 saturated carbocycles. The molecule has 0 bridgehead atoms. The van der Waals surface area contributed by atoms with E-state index in [-0.39, 0.29) is 5.91 Å². The van der Waals surface area contributed by atoms with E-state index in [0.29, 0.717) is 37.5 Å². The molecule has 9 heteroatoms. The van der Waals surface area contributed by atoms with Gasteiger partial charge in [-0.2, -0.15) is 5.10 Å². The molecule has 0 unspecified atom stereocenters. The lowest BCUT2D eigenvalue weighted by Crippen LogP contribution is -2.49. The van der Waals surface area contributed by atoms with Crippen molar-refractivity contribution in [3.63, 3.8) is 0 Å². The quantitative estimate of drug-likeness (QED) is 0.583.